The normalized spacial score (nSPS) is 22.1. The third-order valence-corrected chi connectivity index (χ3v) is 6.30. The monoisotopic (exact) mass is 475 g/mol. The first kappa shape index (κ1) is 23.9. The minimum atomic E-state index is -2.93. The molecule has 2 aromatic rings. The number of rotatable bonds is 7. The molecule has 2 aliphatic heterocycles. The number of ether oxygens (including phenoxy) is 2. The maximum atomic E-state index is 13.1. The maximum absolute atomic E-state index is 13.1. The largest absolute Gasteiger partial charge is 0.497 e. The van der Waals surface area contributed by atoms with Gasteiger partial charge < -0.3 is 24.4 Å². The first-order chi connectivity index (χ1) is 16.3. The van der Waals surface area contributed by atoms with E-state index in [0.29, 0.717) is 24.4 Å². The molecule has 3 unspecified atom stereocenters. The number of carbonyl (C=O) groups is 2. The minimum Gasteiger partial charge on any atom is -0.497 e. The fourth-order valence-electron chi connectivity index (χ4n) is 4.56. The van der Waals surface area contributed by atoms with Gasteiger partial charge in [-0.3, -0.25) is 14.5 Å². The van der Waals surface area contributed by atoms with E-state index in [9.17, 15) is 23.5 Å². The number of amides is 2. The van der Waals surface area contributed by atoms with Crippen LogP contribution < -0.4 is 9.47 Å². The highest BCUT2D eigenvalue weighted by molar-refractivity contribution is 5.89. The molecule has 2 saturated heterocycles. The Morgan fingerprint density at radius 3 is 2.32 bits per heavy atom. The lowest BCUT2D eigenvalue weighted by atomic mass is 10.0. The van der Waals surface area contributed by atoms with Gasteiger partial charge in [-0.1, -0.05) is 24.3 Å². The SMILES string of the molecule is COc1ccc(CN2CC3N(C(O)c4ccc(OC(F)F)cc4)CCC(=O)N3C(C)C2=O)cc1. The Morgan fingerprint density at radius 2 is 1.71 bits per heavy atom. The van der Waals surface area contributed by atoms with Crippen molar-refractivity contribution >= 4 is 11.8 Å². The summed E-state index contributed by atoms with van der Waals surface area (Å²) < 4.78 is 34.4. The molecule has 3 atom stereocenters. The molecule has 0 saturated carbocycles. The lowest BCUT2D eigenvalue weighted by Crippen LogP contribution is -2.70. The van der Waals surface area contributed by atoms with E-state index in [0.717, 1.165) is 5.56 Å². The van der Waals surface area contributed by atoms with Gasteiger partial charge in [0.1, 0.15) is 29.9 Å². The van der Waals surface area contributed by atoms with E-state index >= 15 is 0 Å². The molecule has 2 amide bonds. The Morgan fingerprint density at radius 1 is 1.06 bits per heavy atom. The number of hydrogen-bond acceptors (Lipinski definition) is 6. The summed E-state index contributed by atoms with van der Waals surface area (Å²) in [6.45, 7) is -0.358. The topological polar surface area (TPSA) is 82.6 Å². The van der Waals surface area contributed by atoms with E-state index < -0.39 is 25.0 Å². The van der Waals surface area contributed by atoms with Gasteiger partial charge in [0.05, 0.1) is 13.7 Å². The summed E-state index contributed by atoms with van der Waals surface area (Å²) in [5, 5.41) is 11.1. The fraction of sp³-hybridized carbons (Fsp3) is 0.417. The number of aliphatic hydroxyl groups is 1. The zero-order chi connectivity index (χ0) is 24.4. The Balaban J connectivity index is 1.55. The number of benzene rings is 2. The number of halogens is 2. The average molecular weight is 475 g/mol. The van der Waals surface area contributed by atoms with Crippen molar-refractivity contribution in [1.82, 2.24) is 14.7 Å². The highest BCUT2D eigenvalue weighted by atomic mass is 19.3. The first-order valence-corrected chi connectivity index (χ1v) is 11.0. The number of alkyl halides is 2. The Bertz CT molecular complexity index is 1020. The van der Waals surface area contributed by atoms with E-state index in [1.54, 1.807) is 23.8 Å². The fourth-order valence-corrected chi connectivity index (χ4v) is 4.56. The molecule has 0 aromatic heterocycles. The summed E-state index contributed by atoms with van der Waals surface area (Å²) in [7, 11) is 1.58. The van der Waals surface area contributed by atoms with Crippen molar-refractivity contribution in [2.45, 2.75) is 44.9 Å². The summed E-state index contributed by atoms with van der Waals surface area (Å²) in [4.78, 5) is 30.8. The van der Waals surface area contributed by atoms with Crippen molar-refractivity contribution in [2.75, 3.05) is 20.2 Å². The van der Waals surface area contributed by atoms with Gasteiger partial charge in [0.25, 0.3) is 0 Å². The summed E-state index contributed by atoms with van der Waals surface area (Å²) in [5.41, 5.74) is 1.39. The van der Waals surface area contributed by atoms with Gasteiger partial charge in [0.15, 0.2) is 0 Å². The Kier molecular flexibility index (Phi) is 6.99. The Hall–Kier alpha value is -3.24. The second kappa shape index (κ2) is 9.94. The van der Waals surface area contributed by atoms with Crippen LogP contribution in [0.4, 0.5) is 8.78 Å². The molecule has 4 rings (SSSR count). The average Bonchev–Trinajstić information content (AvgIpc) is 2.82. The van der Waals surface area contributed by atoms with Crippen molar-refractivity contribution < 1.29 is 33.0 Å². The third kappa shape index (κ3) is 4.83. The molecule has 0 aliphatic carbocycles. The van der Waals surface area contributed by atoms with Gasteiger partial charge in [-0.2, -0.15) is 8.78 Å². The van der Waals surface area contributed by atoms with Crippen LogP contribution in [0.15, 0.2) is 48.5 Å². The molecular weight excluding hydrogens is 448 g/mol. The molecule has 8 nitrogen and oxygen atoms in total. The van der Waals surface area contributed by atoms with Gasteiger partial charge in [-0.05, 0) is 42.3 Å². The van der Waals surface area contributed by atoms with Crippen molar-refractivity contribution in [3.63, 3.8) is 0 Å². The van der Waals surface area contributed by atoms with Crippen molar-refractivity contribution in [2.24, 2.45) is 0 Å². The molecule has 10 heteroatoms. The molecule has 0 spiro atoms. The van der Waals surface area contributed by atoms with Gasteiger partial charge in [-0.25, -0.2) is 0 Å². The quantitative estimate of drug-likeness (QED) is 0.663. The summed E-state index contributed by atoms with van der Waals surface area (Å²) in [6, 6.07) is 12.5. The van der Waals surface area contributed by atoms with Gasteiger partial charge in [0.2, 0.25) is 11.8 Å². The van der Waals surface area contributed by atoms with Crippen molar-refractivity contribution in [1.29, 1.82) is 0 Å². The number of carbonyl (C=O) groups excluding carboxylic acids is 2. The van der Waals surface area contributed by atoms with Crippen molar-refractivity contribution in [3.8, 4) is 11.5 Å². The van der Waals surface area contributed by atoms with Gasteiger partial charge >= 0.3 is 6.61 Å². The minimum absolute atomic E-state index is 0.0102. The highest BCUT2D eigenvalue weighted by Crippen LogP contribution is 2.32. The lowest BCUT2D eigenvalue weighted by molar-refractivity contribution is -0.181. The lowest BCUT2D eigenvalue weighted by Gasteiger charge is -2.52. The summed E-state index contributed by atoms with van der Waals surface area (Å²) >= 11 is 0. The molecule has 2 aliphatic rings. The molecular formula is C24H27F2N3O5. The predicted octanol–water partition coefficient (Wildman–Crippen LogP) is 2.58. The zero-order valence-corrected chi connectivity index (χ0v) is 18.9. The van der Waals surface area contributed by atoms with E-state index in [4.69, 9.17) is 4.74 Å². The number of methoxy groups -OCH3 is 1. The van der Waals surface area contributed by atoms with Crippen LogP contribution in [0.1, 0.15) is 30.7 Å². The smallest absolute Gasteiger partial charge is 0.387 e. The van der Waals surface area contributed by atoms with Crippen LogP contribution >= 0.6 is 0 Å². The molecule has 0 radical (unpaired) electrons. The number of aliphatic hydroxyl groups excluding tert-OH is 1. The first-order valence-electron chi connectivity index (χ1n) is 11.0. The molecule has 2 fully saturated rings. The number of fused-ring (bicyclic) bond motifs is 1. The number of hydrogen-bond donors (Lipinski definition) is 1. The number of nitrogens with zero attached hydrogens (tertiary/aromatic N) is 3. The zero-order valence-electron chi connectivity index (χ0n) is 18.9. The van der Waals surface area contributed by atoms with E-state index in [1.165, 1.54) is 29.2 Å². The molecule has 1 N–H and O–H groups in total. The van der Waals surface area contributed by atoms with Crippen molar-refractivity contribution in [3.05, 3.63) is 59.7 Å². The highest BCUT2D eigenvalue weighted by Gasteiger charge is 2.47. The summed E-state index contributed by atoms with van der Waals surface area (Å²) in [5.74, 6) is 0.402. The molecule has 0 bridgehead atoms. The van der Waals surface area contributed by atoms with E-state index in [1.807, 2.05) is 24.3 Å². The number of piperazine rings is 1. The van der Waals surface area contributed by atoms with Gasteiger partial charge in [-0.15, -0.1) is 0 Å². The molecule has 2 heterocycles. The predicted molar refractivity (Wildman–Crippen MR) is 118 cm³/mol. The second-order valence-electron chi connectivity index (χ2n) is 8.33. The third-order valence-electron chi connectivity index (χ3n) is 6.30. The summed E-state index contributed by atoms with van der Waals surface area (Å²) in [6.07, 6.45) is -1.46. The molecule has 182 valence electrons. The molecule has 2 aromatic carbocycles. The maximum Gasteiger partial charge on any atom is 0.387 e. The van der Waals surface area contributed by atoms with E-state index in [-0.39, 0.29) is 30.5 Å². The van der Waals surface area contributed by atoms with Crippen LogP contribution in [0, 0.1) is 0 Å². The molecule has 34 heavy (non-hydrogen) atoms. The standard InChI is InChI=1S/C24H27F2N3O5/c1-15-22(31)27(13-16-3-7-18(33-2)8-4-16)14-20-28(12-11-21(30)29(15)20)23(32)17-5-9-19(10-6-17)34-24(25)26/h3-10,15,20,23-24,32H,11-14H2,1-2H3. The second-order valence-corrected chi connectivity index (χ2v) is 8.33. The van der Waals surface area contributed by atoms with Crippen LogP contribution in [0.3, 0.4) is 0 Å². The van der Waals surface area contributed by atoms with Crippen LogP contribution in [0.2, 0.25) is 0 Å². The van der Waals surface area contributed by atoms with Crippen LogP contribution in [-0.2, 0) is 16.1 Å². The van der Waals surface area contributed by atoms with Gasteiger partial charge in [0, 0.05) is 19.5 Å². The van der Waals surface area contributed by atoms with Crippen LogP contribution in [-0.4, -0.2) is 70.6 Å². The van der Waals surface area contributed by atoms with Crippen LogP contribution in [0.25, 0.3) is 0 Å². The Labute approximate surface area is 196 Å². The van der Waals surface area contributed by atoms with E-state index in [2.05, 4.69) is 4.74 Å². The van der Waals surface area contributed by atoms with Crippen LogP contribution in [0.5, 0.6) is 11.5 Å².